The van der Waals surface area contributed by atoms with Crippen molar-refractivity contribution in [3.05, 3.63) is 82.3 Å². The fourth-order valence-corrected chi connectivity index (χ4v) is 3.89. The van der Waals surface area contributed by atoms with Crippen molar-refractivity contribution in [1.29, 1.82) is 0 Å². The quantitative estimate of drug-likeness (QED) is 0.243. The second kappa shape index (κ2) is 14.8. The molecule has 1 atom stereocenters. The number of rotatable bonds is 7. The van der Waals surface area contributed by atoms with E-state index < -0.39 is 6.36 Å². The van der Waals surface area contributed by atoms with Crippen molar-refractivity contribution < 1.29 is 27.4 Å². The van der Waals surface area contributed by atoms with E-state index in [9.17, 15) is 18.0 Å². The van der Waals surface area contributed by atoms with Crippen LogP contribution in [0.25, 0.3) is 0 Å². The van der Waals surface area contributed by atoms with E-state index in [1.54, 1.807) is 19.0 Å². The maximum absolute atomic E-state index is 12.7. The molecule has 2 amide bonds. The highest BCUT2D eigenvalue weighted by Gasteiger charge is 2.32. The minimum atomic E-state index is -4.80. The van der Waals surface area contributed by atoms with E-state index >= 15 is 0 Å². The van der Waals surface area contributed by atoms with Crippen molar-refractivity contribution in [2.24, 2.45) is 10.9 Å². The molecule has 2 aromatic rings. The maximum Gasteiger partial charge on any atom is 0.573 e. The van der Waals surface area contributed by atoms with Gasteiger partial charge in [-0.1, -0.05) is 63.6 Å². The lowest BCUT2D eigenvalue weighted by atomic mass is 10.1. The molecule has 0 radical (unpaired) electrons. The van der Waals surface area contributed by atoms with Gasteiger partial charge in [0.15, 0.2) is 5.90 Å². The van der Waals surface area contributed by atoms with Crippen LogP contribution < -0.4 is 9.47 Å². The van der Waals surface area contributed by atoms with Crippen LogP contribution >= 0.6 is 11.6 Å². The predicted molar refractivity (Wildman–Crippen MR) is 153 cm³/mol. The molecule has 1 heterocycles. The molecule has 1 aliphatic heterocycles. The van der Waals surface area contributed by atoms with Gasteiger partial charge in [-0.3, -0.25) is 9.80 Å². The molecule has 3 rings (SSSR count). The molecule has 0 saturated heterocycles. The molecule has 0 fully saturated rings. The third kappa shape index (κ3) is 9.33. The van der Waals surface area contributed by atoms with Crippen molar-refractivity contribution in [3.63, 3.8) is 0 Å². The summed E-state index contributed by atoms with van der Waals surface area (Å²) in [6.07, 6.45) is -0.354. The van der Waals surface area contributed by atoms with Gasteiger partial charge in [0.1, 0.15) is 17.3 Å². The molecule has 0 aromatic heterocycles. The first-order valence-electron chi connectivity index (χ1n) is 13.1. The molecule has 40 heavy (non-hydrogen) atoms. The van der Waals surface area contributed by atoms with E-state index in [1.807, 2.05) is 58.0 Å². The van der Waals surface area contributed by atoms with Crippen LogP contribution in [-0.4, -0.2) is 42.2 Å². The number of amides is 2. The number of benzene rings is 2. The maximum atomic E-state index is 12.7. The van der Waals surface area contributed by atoms with Gasteiger partial charge < -0.3 is 9.47 Å². The van der Waals surface area contributed by atoms with Crippen LogP contribution in [0.15, 0.2) is 76.7 Å². The zero-order chi connectivity index (χ0) is 30.0. The van der Waals surface area contributed by atoms with Gasteiger partial charge in [0, 0.05) is 42.4 Å². The lowest BCUT2D eigenvalue weighted by Gasteiger charge is -2.34. The molecule has 218 valence electrons. The minimum Gasteiger partial charge on any atom is -0.442 e. The SMILES string of the molecule is CC/C=C1C(C)=C(/N=C(/Oc2cccc(OC(F)(F)F)c2)C(C)CC)N(C)C(=O)N/1C.CCc1ccc(Cl)cc1. The first-order valence-corrected chi connectivity index (χ1v) is 13.5. The van der Waals surface area contributed by atoms with Crippen LogP contribution in [0, 0.1) is 5.92 Å². The first-order chi connectivity index (χ1) is 18.8. The Kier molecular flexibility index (Phi) is 12.1. The fourth-order valence-electron chi connectivity index (χ4n) is 3.77. The van der Waals surface area contributed by atoms with Gasteiger partial charge >= 0.3 is 12.4 Å². The monoisotopic (exact) mass is 579 g/mol. The number of hydrogen-bond acceptors (Lipinski definition) is 4. The summed E-state index contributed by atoms with van der Waals surface area (Å²) in [4.78, 5) is 20.3. The number of allylic oxidation sites excluding steroid dienone is 2. The Hall–Kier alpha value is -3.46. The van der Waals surface area contributed by atoms with E-state index in [-0.39, 0.29) is 23.4 Å². The average Bonchev–Trinajstić information content (AvgIpc) is 2.91. The van der Waals surface area contributed by atoms with E-state index in [1.165, 1.54) is 28.7 Å². The predicted octanol–water partition coefficient (Wildman–Crippen LogP) is 8.83. The second-order valence-corrected chi connectivity index (χ2v) is 9.65. The number of alkyl halides is 3. The van der Waals surface area contributed by atoms with Gasteiger partial charge in [-0.25, -0.2) is 4.79 Å². The number of ether oxygens (including phenoxy) is 2. The third-order valence-electron chi connectivity index (χ3n) is 6.20. The molecule has 2 aromatic carbocycles. The van der Waals surface area contributed by atoms with Crippen LogP contribution in [-0.2, 0) is 6.42 Å². The molecule has 0 bridgehead atoms. The van der Waals surface area contributed by atoms with Gasteiger partial charge in [-0.05, 0) is 56.0 Å². The van der Waals surface area contributed by atoms with Gasteiger partial charge in [0.25, 0.3) is 0 Å². The molecule has 1 aliphatic rings. The van der Waals surface area contributed by atoms with E-state index in [0.717, 1.165) is 35.2 Å². The van der Waals surface area contributed by atoms with E-state index in [0.29, 0.717) is 18.1 Å². The molecular formula is C30H37ClF3N3O3. The molecule has 0 saturated carbocycles. The zero-order valence-corrected chi connectivity index (χ0v) is 24.7. The molecule has 10 heteroatoms. The van der Waals surface area contributed by atoms with Crippen LogP contribution in [0.3, 0.4) is 0 Å². The Morgan fingerprint density at radius 3 is 2.23 bits per heavy atom. The number of carbonyl (C=O) groups is 1. The average molecular weight is 580 g/mol. The second-order valence-electron chi connectivity index (χ2n) is 9.21. The summed E-state index contributed by atoms with van der Waals surface area (Å²) < 4.78 is 47.5. The molecule has 0 N–H and O–H groups in total. The molecular weight excluding hydrogens is 543 g/mol. The highest BCUT2D eigenvalue weighted by atomic mass is 35.5. The standard InChI is InChI=1S/C22H28F3N3O3.C8H9Cl/c1-7-10-18-15(4)19(28(6)21(29)27(18)5)26-20(14(3)8-2)30-16-11-9-12-17(13-16)31-22(23,24)25;1-2-7-3-5-8(9)6-4-7/h9-14H,7-8H2,1-6H3;3-6H,2H2,1H3/b18-10-,26-20+;. The van der Waals surface area contributed by atoms with Crippen molar-refractivity contribution in [2.75, 3.05) is 14.1 Å². The third-order valence-corrected chi connectivity index (χ3v) is 6.46. The van der Waals surface area contributed by atoms with Crippen LogP contribution in [0.5, 0.6) is 11.5 Å². The summed E-state index contributed by atoms with van der Waals surface area (Å²) in [5, 5.41) is 0.812. The Morgan fingerprint density at radius 1 is 1.05 bits per heavy atom. The summed E-state index contributed by atoms with van der Waals surface area (Å²) in [5.74, 6) is 0.352. The fraction of sp³-hybridized carbons (Fsp3) is 0.400. The first kappa shape index (κ1) is 32.8. The van der Waals surface area contributed by atoms with E-state index in [2.05, 4.69) is 16.7 Å². The Balaban J connectivity index is 0.000000526. The number of likely N-dealkylation sites (N-methyl/N-ethyl adjacent to an activating group) is 1. The number of halogens is 4. The Labute approximate surface area is 239 Å². The smallest absolute Gasteiger partial charge is 0.442 e. The van der Waals surface area contributed by atoms with Gasteiger partial charge in [-0.2, -0.15) is 4.99 Å². The molecule has 1 unspecified atom stereocenters. The highest BCUT2D eigenvalue weighted by molar-refractivity contribution is 6.30. The Morgan fingerprint density at radius 2 is 1.68 bits per heavy atom. The number of aliphatic imine (C=N–C) groups is 1. The number of urea groups is 1. The molecule has 6 nitrogen and oxygen atoms in total. The summed E-state index contributed by atoms with van der Waals surface area (Å²) in [5.41, 5.74) is 2.89. The summed E-state index contributed by atoms with van der Waals surface area (Å²) in [6.45, 7) is 9.81. The summed E-state index contributed by atoms with van der Waals surface area (Å²) in [6, 6.07) is 13.0. The van der Waals surface area contributed by atoms with Crippen molar-refractivity contribution in [2.45, 2.75) is 60.2 Å². The minimum absolute atomic E-state index is 0.144. The summed E-state index contributed by atoms with van der Waals surface area (Å²) in [7, 11) is 3.32. The molecule has 0 aliphatic carbocycles. The summed E-state index contributed by atoms with van der Waals surface area (Å²) >= 11 is 5.67. The van der Waals surface area contributed by atoms with Crippen LogP contribution in [0.4, 0.5) is 18.0 Å². The van der Waals surface area contributed by atoms with E-state index in [4.69, 9.17) is 16.3 Å². The number of carbonyl (C=O) groups excluding carboxylic acids is 1. The highest BCUT2D eigenvalue weighted by Crippen LogP contribution is 2.30. The normalized spacial score (nSPS) is 16.1. The molecule has 0 spiro atoms. The van der Waals surface area contributed by atoms with Crippen molar-refractivity contribution in [3.8, 4) is 11.5 Å². The number of aryl methyl sites for hydroxylation is 1. The number of hydrogen-bond donors (Lipinski definition) is 0. The lowest BCUT2D eigenvalue weighted by molar-refractivity contribution is -0.274. The largest absolute Gasteiger partial charge is 0.573 e. The van der Waals surface area contributed by atoms with Gasteiger partial charge in [-0.15, -0.1) is 13.2 Å². The number of nitrogens with zero attached hydrogens (tertiary/aromatic N) is 3. The zero-order valence-electron chi connectivity index (χ0n) is 24.0. The lowest BCUT2D eigenvalue weighted by Crippen LogP contribution is -2.42. The van der Waals surface area contributed by atoms with Crippen LogP contribution in [0.2, 0.25) is 5.02 Å². The topological polar surface area (TPSA) is 54.4 Å². The van der Waals surface area contributed by atoms with Crippen molar-refractivity contribution >= 4 is 23.5 Å². The van der Waals surface area contributed by atoms with Gasteiger partial charge in [0.2, 0.25) is 0 Å². The Bertz CT molecular complexity index is 1240. The van der Waals surface area contributed by atoms with Crippen molar-refractivity contribution in [1.82, 2.24) is 9.80 Å². The van der Waals surface area contributed by atoms with Gasteiger partial charge in [0.05, 0.1) is 0 Å². The van der Waals surface area contributed by atoms with Crippen LogP contribution in [0.1, 0.15) is 53.0 Å².